The molecular formula is C13H14FNO3. The number of ether oxygens (including phenoxy) is 1. The van der Waals surface area contributed by atoms with Crippen LogP contribution >= 0.6 is 0 Å². The lowest BCUT2D eigenvalue weighted by Crippen LogP contribution is -2.16. The van der Waals surface area contributed by atoms with Crippen LogP contribution in [-0.4, -0.2) is 19.0 Å². The molecule has 1 saturated carbocycles. The molecule has 0 unspecified atom stereocenters. The third-order valence-electron chi connectivity index (χ3n) is 3.09. The van der Waals surface area contributed by atoms with E-state index in [0.29, 0.717) is 5.92 Å². The molecule has 4 nitrogen and oxygen atoms in total. The van der Waals surface area contributed by atoms with Gasteiger partial charge in [0.1, 0.15) is 5.82 Å². The van der Waals surface area contributed by atoms with Gasteiger partial charge in [-0.15, -0.1) is 0 Å². The number of methoxy groups -OCH3 is 1. The molecule has 0 aliphatic heterocycles. The number of nitrogens with one attached hydrogen (secondary N) is 1. The highest BCUT2D eigenvalue weighted by Gasteiger charge is 2.39. The third-order valence-corrected chi connectivity index (χ3v) is 3.09. The van der Waals surface area contributed by atoms with Crippen LogP contribution in [-0.2, 0) is 9.53 Å². The van der Waals surface area contributed by atoms with Crippen LogP contribution in [0.3, 0.4) is 0 Å². The minimum Gasteiger partial charge on any atom is -0.465 e. The van der Waals surface area contributed by atoms with E-state index >= 15 is 0 Å². The standard InChI is InChI=1S/C13H14FNO3/c1-7-5-9(7)12(16)15-11-6-8(13(17)18-2)3-4-10(11)14/h3-4,6-7,9H,5H2,1-2H3,(H,15,16)/t7-,9-/m0/s1. The molecule has 0 spiro atoms. The minimum atomic E-state index is -0.565. The Labute approximate surface area is 104 Å². The molecule has 1 aromatic carbocycles. The van der Waals surface area contributed by atoms with Crippen LogP contribution in [0, 0.1) is 17.7 Å². The zero-order valence-electron chi connectivity index (χ0n) is 10.2. The molecule has 96 valence electrons. The van der Waals surface area contributed by atoms with Crippen molar-refractivity contribution in [2.24, 2.45) is 11.8 Å². The lowest BCUT2D eigenvalue weighted by atomic mass is 10.2. The summed E-state index contributed by atoms with van der Waals surface area (Å²) in [5, 5.41) is 2.50. The molecule has 5 heteroatoms. The number of esters is 1. The van der Waals surface area contributed by atoms with E-state index in [0.717, 1.165) is 12.5 Å². The smallest absolute Gasteiger partial charge is 0.337 e. The molecule has 0 bridgehead atoms. The number of anilines is 1. The van der Waals surface area contributed by atoms with E-state index < -0.39 is 11.8 Å². The zero-order chi connectivity index (χ0) is 13.3. The maximum atomic E-state index is 13.5. The van der Waals surface area contributed by atoms with Crippen molar-refractivity contribution in [3.8, 4) is 0 Å². The molecule has 1 aliphatic rings. The summed E-state index contributed by atoms with van der Waals surface area (Å²) in [6.45, 7) is 1.96. The van der Waals surface area contributed by atoms with Crippen molar-refractivity contribution in [2.45, 2.75) is 13.3 Å². The fourth-order valence-corrected chi connectivity index (χ4v) is 1.78. The van der Waals surface area contributed by atoms with Crippen molar-refractivity contribution in [1.82, 2.24) is 0 Å². The van der Waals surface area contributed by atoms with Gasteiger partial charge >= 0.3 is 5.97 Å². The molecule has 0 heterocycles. The lowest BCUT2D eigenvalue weighted by Gasteiger charge is -2.07. The van der Waals surface area contributed by atoms with Gasteiger partial charge in [0.2, 0.25) is 5.91 Å². The lowest BCUT2D eigenvalue weighted by molar-refractivity contribution is -0.117. The molecular weight excluding hydrogens is 237 g/mol. The van der Waals surface area contributed by atoms with Gasteiger partial charge in [-0.3, -0.25) is 4.79 Å². The van der Waals surface area contributed by atoms with Gasteiger partial charge in [0.05, 0.1) is 18.4 Å². The summed E-state index contributed by atoms with van der Waals surface area (Å²) in [5.41, 5.74) is 0.222. The summed E-state index contributed by atoms with van der Waals surface area (Å²) in [6.07, 6.45) is 0.824. The van der Waals surface area contributed by atoms with E-state index in [4.69, 9.17) is 0 Å². The van der Waals surface area contributed by atoms with Crippen molar-refractivity contribution in [3.63, 3.8) is 0 Å². The van der Waals surface area contributed by atoms with Crippen molar-refractivity contribution < 1.29 is 18.7 Å². The summed E-state index contributed by atoms with van der Waals surface area (Å²) >= 11 is 0. The Kier molecular flexibility index (Phi) is 3.32. The maximum absolute atomic E-state index is 13.5. The number of hydrogen-bond acceptors (Lipinski definition) is 3. The highest BCUT2D eigenvalue weighted by Crippen LogP contribution is 2.38. The largest absolute Gasteiger partial charge is 0.465 e. The Bertz CT molecular complexity index is 501. The van der Waals surface area contributed by atoms with Gasteiger partial charge < -0.3 is 10.1 Å². The average Bonchev–Trinajstić information content (AvgIpc) is 3.08. The van der Waals surface area contributed by atoms with Crippen LogP contribution in [0.5, 0.6) is 0 Å². The van der Waals surface area contributed by atoms with Crippen molar-refractivity contribution in [2.75, 3.05) is 12.4 Å². The van der Waals surface area contributed by atoms with Gasteiger partial charge in [0.15, 0.2) is 0 Å². The molecule has 1 N–H and O–H groups in total. The first kappa shape index (κ1) is 12.5. The molecule has 2 atom stereocenters. The normalized spacial score (nSPS) is 21.3. The number of benzene rings is 1. The van der Waals surface area contributed by atoms with E-state index in [1.165, 1.54) is 19.2 Å². The maximum Gasteiger partial charge on any atom is 0.337 e. The summed E-state index contributed by atoms with van der Waals surface area (Å²) in [5.74, 6) is -1.04. The average molecular weight is 251 g/mol. The molecule has 18 heavy (non-hydrogen) atoms. The first-order valence-corrected chi connectivity index (χ1v) is 5.71. The summed E-state index contributed by atoms with van der Waals surface area (Å²) < 4.78 is 18.1. The summed E-state index contributed by atoms with van der Waals surface area (Å²) in [4.78, 5) is 23.0. The Balaban J connectivity index is 2.16. The van der Waals surface area contributed by atoms with Crippen molar-refractivity contribution >= 4 is 17.6 Å². The molecule has 1 fully saturated rings. The molecule has 1 amide bonds. The van der Waals surface area contributed by atoms with Crippen LogP contribution in [0.15, 0.2) is 18.2 Å². The second-order valence-corrected chi connectivity index (χ2v) is 4.49. The number of amides is 1. The minimum absolute atomic E-state index is 0.0157. The van der Waals surface area contributed by atoms with Crippen LogP contribution in [0.1, 0.15) is 23.7 Å². The monoisotopic (exact) mass is 251 g/mol. The third kappa shape index (κ3) is 2.50. The summed E-state index contributed by atoms with van der Waals surface area (Å²) in [6, 6.07) is 3.74. The number of hydrogen-bond donors (Lipinski definition) is 1. The molecule has 0 radical (unpaired) electrons. The van der Waals surface area contributed by atoms with Gasteiger partial charge in [-0.05, 0) is 30.5 Å². The second-order valence-electron chi connectivity index (χ2n) is 4.49. The van der Waals surface area contributed by atoms with Crippen molar-refractivity contribution in [3.05, 3.63) is 29.6 Å². The Hall–Kier alpha value is -1.91. The number of carbonyl (C=O) groups excluding carboxylic acids is 2. The molecule has 1 aromatic rings. The Morgan fingerprint density at radius 3 is 2.67 bits per heavy atom. The van der Waals surface area contributed by atoms with Crippen LogP contribution in [0.2, 0.25) is 0 Å². The predicted molar refractivity (Wildman–Crippen MR) is 63.6 cm³/mol. The number of rotatable bonds is 3. The van der Waals surface area contributed by atoms with Gasteiger partial charge in [0.25, 0.3) is 0 Å². The molecule has 0 aromatic heterocycles. The zero-order valence-corrected chi connectivity index (χ0v) is 10.2. The second kappa shape index (κ2) is 4.76. The van der Waals surface area contributed by atoms with E-state index in [-0.39, 0.29) is 23.1 Å². The SMILES string of the molecule is COC(=O)c1ccc(F)c(NC(=O)[C@H]2C[C@@H]2C)c1. The van der Waals surface area contributed by atoms with Crippen LogP contribution < -0.4 is 5.32 Å². The fraction of sp³-hybridized carbons (Fsp3) is 0.385. The van der Waals surface area contributed by atoms with Gasteiger partial charge in [0, 0.05) is 5.92 Å². The molecule has 0 saturated heterocycles. The van der Waals surface area contributed by atoms with Crippen LogP contribution in [0.25, 0.3) is 0 Å². The molecule has 1 aliphatic carbocycles. The molecule has 2 rings (SSSR count). The van der Waals surface area contributed by atoms with E-state index in [9.17, 15) is 14.0 Å². The topological polar surface area (TPSA) is 55.4 Å². The van der Waals surface area contributed by atoms with E-state index in [1.54, 1.807) is 0 Å². The fourth-order valence-electron chi connectivity index (χ4n) is 1.78. The number of carbonyl (C=O) groups is 2. The number of halogens is 1. The summed E-state index contributed by atoms with van der Waals surface area (Å²) in [7, 11) is 1.25. The van der Waals surface area contributed by atoms with Crippen molar-refractivity contribution in [1.29, 1.82) is 0 Å². The Morgan fingerprint density at radius 2 is 2.11 bits per heavy atom. The first-order valence-electron chi connectivity index (χ1n) is 5.71. The highest BCUT2D eigenvalue weighted by molar-refractivity contribution is 5.96. The van der Waals surface area contributed by atoms with Gasteiger partial charge in [-0.2, -0.15) is 0 Å². The van der Waals surface area contributed by atoms with E-state index in [1.807, 2.05) is 6.92 Å². The van der Waals surface area contributed by atoms with E-state index in [2.05, 4.69) is 10.1 Å². The highest BCUT2D eigenvalue weighted by atomic mass is 19.1. The Morgan fingerprint density at radius 1 is 1.44 bits per heavy atom. The predicted octanol–water partition coefficient (Wildman–Crippen LogP) is 2.21. The first-order chi connectivity index (χ1) is 8.52. The van der Waals surface area contributed by atoms with Crippen LogP contribution in [0.4, 0.5) is 10.1 Å². The van der Waals surface area contributed by atoms with Gasteiger partial charge in [-0.1, -0.05) is 6.92 Å². The quantitative estimate of drug-likeness (QED) is 0.838. The van der Waals surface area contributed by atoms with Gasteiger partial charge in [-0.25, -0.2) is 9.18 Å².